The minimum atomic E-state index is 0.248. The van der Waals surface area contributed by atoms with Gasteiger partial charge in [-0.05, 0) is 47.7 Å². The van der Waals surface area contributed by atoms with E-state index in [-0.39, 0.29) is 4.83 Å². The van der Waals surface area contributed by atoms with Crippen LogP contribution in [-0.4, -0.2) is 4.98 Å². The van der Waals surface area contributed by atoms with Gasteiger partial charge in [0.2, 0.25) is 0 Å². The van der Waals surface area contributed by atoms with E-state index in [0.717, 1.165) is 10.6 Å². The molecule has 0 spiro atoms. The van der Waals surface area contributed by atoms with Gasteiger partial charge in [-0.1, -0.05) is 46.6 Å². The summed E-state index contributed by atoms with van der Waals surface area (Å²) in [6.07, 6.45) is 3.65. The SMILES string of the molecule is Cc1ccc(C(Br)C(C)c2ccncc2)cc1Cl. The fourth-order valence-corrected chi connectivity index (χ4v) is 2.68. The smallest absolute Gasteiger partial charge is 0.0461 e. The van der Waals surface area contributed by atoms with E-state index in [0.29, 0.717) is 5.92 Å². The van der Waals surface area contributed by atoms with Crippen molar-refractivity contribution < 1.29 is 0 Å². The fourth-order valence-electron chi connectivity index (χ4n) is 1.91. The predicted molar refractivity (Wildman–Crippen MR) is 80.5 cm³/mol. The van der Waals surface area contributed by atoms with Crippen LogP contribution in [0.15, 0.2) is 42.7 Å². The largest absolute Gasteiger partial charge is 0.265 e. The summed E-state index contributed by atoms with van der Waals surface area (Å²) in [5.41, 5.74) is 3.58. The molecule has 0 fully saturated rings. The molecule has 18 heavy (non-hydrogen) atoms. The molecule has 2 rings (SSSR count). The van der Waals surface area contributed by atoms with E-state index in [4.69, 9.17) is 11.6 Å². The molecule has 0 radical (unpaired) electrons. The number of benzene rings is 1. The van der Waals surface area contributed by atoms with Crippen LogP contribution in [0.4, 0.5) is 0 Å². The maximum absolute atomic E-state index is 6.18. The predicted octanol–water partition coefficient (Wildman–Crippen LogP) is 5.28. The third kappa shape index (κ3) is 2.93. The summed E-state index contributed by atoms with van der Waals surface area (Å²) in [6.45, 7) is 4.21. The van der Waals surface area contributed by atoms with Gasteiger partial charge in [0.25, 0.3) is 0 Å². The normalized spacial score (nSPS) is 14.2. The molecular weight excluding hydrogens is 310 g/mol. The lowest BCUT2D eigenvalue weighted by Crippen LogP contribution is -2.02. The van der Waals surface area contributed by atoms with E-state index in [2.05, 4.69) is 52.1 Å². The first-order valence-corrected chi connectivity index (χ1v) is 7.19. The number of nitrogens with zero attached hydrogens (tertiary/aromatic N) is 1. The van der Waals surface area contributed by atoms with Gasteiger partial charge >= 0.3 is 0 Å². The summed E-state index contributed by atoms with van der Waals surface area (Å²) in [5.74, 6) is 0.367. The first kappa shape index (κ1) is 13.6. The Morgan fingerprint density at radius 3 is 2.39 bits per heavy atom. The minimum absolute atomic E-state index is 0.248. The average Bonchev–Trinajstić information content (AvgIpc) is 2.41. The molecule has 0 aliphatic rings. The number of hydrogen-bond acceptors (Lipinski definition) is 1. The van der Waals surface area contributed by atoms with Crippen LogP contribution in [0.3, 0.4) is 0 Å². The first-order valence-electron chi connectivity index (χ1n) is 5.89. The van der Waals surface area contributed by atoms with Crippen LogP contribution in [0.2, 0.25) is 5.02 Å². The Morgan fingerprint density at radius 2 is 1.78 bits per heavy atom. The molecule has 0 aliphatic heterocycles. The van der Waals surface area contributed by atoms with Crippen molar-refractivity contribution in [2.75, 3.05) is 0 Å². The summed E-state index contributed by atoms with van der Waals surface area (Å²) in [5, 5.41) is 0.818. The highest BCUT2D eigenvalue weighted by molar-refractivity contribution is 9.09. The molecule has 1 aromatic carbocycles. The lowest BCUT2D eigenvalue weighted by molar-refractivity contribution is 0.750. The lowest BCUT2D eigenvalue weighted by atomic mass is 9.94. The van der Waals surface area contributed by atoms with Crippen molar-refractivity contribution in [1.29, 1.82) is 0 Å². The van der Waals surface area contributed by atoms with Crippen molar-refractivity contribution in [3.05, 3.63) is 64.4 Å². The lowest BCUT2D eigenvalue weighted by Gasteiger charge is -2.19. The zero-order chi connectivity index (χ0) is 13.1. The third-order valence-electron chi connectivity index (χ3n) is 3.19. The molecule has 1 heterocycles. The molecule has 94 valence electrons. The fraction of sp³-hybridized carbons (Fsp3) is 0.267. The van der Waals surface area contributed by atoms with Crippen molar-refractivity contribution in [1.82, 2.24) is 4.98 Å². The zero-order valence-corrected chi connectivity index (χ0v) is 12.7. The number of aromatic nitrogens is 1. The molecule has 0 aliphatic carbocycles. The summed E-state index contributed by atoms with van der Waals surface area (Å²) in [7, 11) is 0. The summed E-state index contributed by atoms with van der Waals surface area (Å²) in [6, 6.07) is 10.3. The Kier molecular flexibility index (Phi) is 4.41. The summed E-state index contributed by atoms with van der Waals surface area (Å²) in [4.78, 5) is 4.30. The van der Waals surface area contributed by atoms with Gasteiger partial charge in [0.1, 0.15) is 0 Å². The molecule has 2 unspecified atom stereocenters. The summed E-state index contributed by atoms with van der Waals surface area (Å²) >= 11 is 9.95. The number of pyridine rings is 1. The van der Waals surface area contributed by atoms with Crippen molar-refractivity contribution in [3.63, 3.8) is 0 Å². The minimum Gasteiger partial charge on any atom is -0.265 e. The van der Waals surface area contributed by atoms with E-state index >= 15 is 0 Å². The molecular formula is C15H15BrClN. The van der Waals surface area contributed by atoms with Crippen molar-refractivity contribution in [2.24, 2.45) is 0 Å². The maximum Gasteiger partial charge on any atom is 0.0461 e. The van der Waals surface area contributed by atoms with Gasteiger partial charge in [0.15, 0.2) is 0 Å². The second-order valence-corrected chi connectivity index (χ2v) is 5.87. The Morgan fingerprint density at radius 1 is 1.11 bits per heavy atom. The van der Waals surface area contributed by atoms with E-state index in [1.807, 2.05) is 25.4 Å². The van der Waals surface area contributed by atoms with Gasteiger partial charge in [-0.25, -0.2) is 0 Å². The van der Waals surface area contributed by atoms with Crippen LogP contribution in [0.25, 0.3) is 0 Å². The van der Waals surface area contributed by atoms with Crippen molar-refractivity contribution in [2.45, 2.75) is 24.6 Å². The van der Waals surface area contributed by atoms with E-state index in [1.54, 1.807) is 0 Å². The van der Waals surface area contributed by atoms with Gasteiger partial charge in [-0.3, -0.25) is 4.98 Å². The Balaban J connectivity index is 2.25. The van der Waals surface area contributed by atoms with Gasteiger partial charge in [0.05, 0.1) is 0 Å². The van der Waals surface area contributed by atoms with E-state index < -0.39 is 0 Å². The number of aryl methyl sites for hydroxylation is 1. The molecule has 0 bridgehead atoms. The molecule has 2 atom stereocenters. The van der Waals surface area contributed by atoms with Crippen LogP contribution in [0, 0.1) is 6.92 Å². The first-order chi connectivity index (χ1) is 8.59. The van der Waals surface area contributed by atoms with Gasteiger partial charge in [-0.2, -0.15) is 0 Å². The molecule has 0 amide bonds. The molecule has 1 aromatic heterocycles. The standard InChI is InChI=1S/C15H15BrClN/c1-10-3-4-13(9-14(10)17)15(16)11(2)12-5-7-18-8-6-12/h3-9,11,15H,1-2H3. The second-order valence-electron chi connectivity index (χ2n) is 4.48. The quantitative estimate of drug-likeness (QED) is 0.700. The molecule has 2 aromatic rings. The monoisotopic (exact) mass is 323 g/mol. The maximum atomic E-state index is 6.18. The number of halogens is 2. The Labute approximate surface area is 121 Å². The van der Waals surface area contributed by atoms with Crippen LogP contribution in [0.5, 0.6) is 0 Å². The average molecular weight is 325 g/mol. The zero-order valence-electron chi connectivity index (χ0n) is 10.4. The van der Waals surface area contributed by atoms with Crippen LogP contribution in [-0.2, 0) is 0 Å². The molecule has 0 saturated carbocycles. The Hall–Kier alpha value is -0.860. The molecule has 0 saturated heterocycles. The molecule has 3 heteroatoms. The highest BCUT2D eigenvalue weighted by Gasteiger charge is 2.18. The van der Waals surface area contributed by atoms with Crippen LogP contribution < -0.4 is 0 Å². The molecule has 0 N–H and O–H groups in total. The van der Waals surface area contributed by atoms with Crippen molar-refractivity contribution >= 4 is 27.5 Å². The Bertz CT molecular complexity index is 527. The van der Waals surface area contributed by atoms with Gasteiger partial charge < -0.3 is 0 Å². The highest BCUT2D eigenvalue weighted by Crippen LogP contribution is 2.38. The second kappa shape index (κ2) is 5.85. The van der Waals surface area contributed by atoms with Gasteiger partial charge in [-0.15, -0.1) is 0 Å². The highest BCUT2D eigenvalue weighted by atomic mass is 79.9. The van der Waals surface area contributed by atoms with Gasteiger partial charge in [0, 0.05) is 22.2 Å². The topological polar surface area (TPSA) is 12.9 Å². The third-order valence-corrected chi connectivity index (χ3v) is 4.91. The number of rotatable bonds is 3. The van der Waals surface area contributed by atoms with Crippen molar-refractivity contribution in [3.8, 4) is 0 Å². The van der Waals surface area contributed by atoms with Crippen LogP contribution >= 0.6 is 27.5 Å². The number of alkyl halides is 1. The van der Waals surface area contributed by atoms with Crippen LogP contribution in [0.1, 0.15) is 34.4 Å². The number of hydrogen-bond donors (Lipinski definition) is 0. The van der Waals surface area contributed by atoms with E-state index in [9.17, 15) is 0 Å². The summed E-state index contributed by atoms with van der Waals surface area (Å²) < 4.78 is 0. The molecule has 1 nitrogen and oxygen atoms in total. The van der Waals surface area contributed by atoms with E-state index in [1.165, 1.54) is 11.1 Å².